The highest BCUT2D eigenvalue weighted by Gasteiger charge is 2.37. The van der Waals surface area contributed by atoms with Gasteiger partial charge in [0.1, 0.15) is 0 Å². The van der Waals surface area contributed by atoms with E-state index in [1.165, 1.54) is 5.56 Å². The molecule has 0 atom stereocenters. The van der Waals surface area contributed by atoms with Crippen LogP contribution in [0.2, 0.25) is 23.2 Å². The Kier molecular flexibility index (Phi) is 7.84. The van der Waals surface area contributed by atoms with Crippen LogP contribution in [0.3, 0.4) is 0 Å². The third-order valence-corrected chi connectivity index (χ3v) is 11.8. The van der Waals surface area contributed by atoms with E-state index in [1.807, 2.05) is 18.2 Å². The van der Waals surface area contributed by atoms with Crippen LogP contribution in [0.5, 0.6) is 0 Å². The second kappa shape index (κ2) is 10.0. The average molecular weight is 475 g/mol. The number of anilines is 1. The van der Waals surface area contributed by atoms with Crippen molar-refractivity contribution in [3.8, 4) is 0 Å². The minimum atomic E-state index is -1.85. The van der Waals surface area contributed by atoms with Crippen LogP contribution >= 0.6 is 23.8 Å². The van der Waals surface area contributed by atoms with Crippen LogP contribution in [0, 0.1) is 0 Å². The maximum Gasteiger partial charge on any atom is 0.192 e. The summed E-state index contributed by atoms with van der Waals surface area (Å²) in [5.41, 5.74) is 3.47. The highest BCUT2D eigenvalue weighted by molar-refractivity contribution is 7.80. The zero-order valence-electron chi connectivity index (χ0n) is 19.4. The minimum absolute atomic E-state index is 0.164. The molecule has 0 unspecified atom stereocenters. The summed E-state index contributed by atoms with van der Waals surface area (Å²) in [4.78, 5) is 2.28. The number of nitrogens with zero attached hydrogens (tertiary/aromatic N) is 1. The Morgan fingerprint density at radius 3 is 2.39 bits per heavy atom. The third-order valence-electron chi connectivity index (χ3n) is 6.76. The molecule has 0 aromatic heterocycles. The van der Waals surface area contributed by atoms with Crippen LogP contribution in [0.15, 0.2) is 48.5 Å². The molecule has 2 aromatic carbocycles. The quantitative estimate of drug-likeness (QED) is 0.359. The van der Waals surface area contributed by atoms with Gasteiger partial charge in [-0.15, -0.1) is 0 Å². The molecule has 0 saturated carbocycles. The van der Waals surface area contributed by atoms with Crippen molar-refractivity contribution in [2.24, 2.45) is 0 Å². The molecule has 1 aliphatic heterocycles. The van der Waals surface area contributed by atoms with Crippen LogP contribution in [-0.4, -0.2) is 31.4 Å². The molecular formula is C25H35ClN2OSSi. The topological polar surface area (TPSA) is 24.5 Å². The standard InChI is InChI=1S/C25H35ClN2OSSi/c1-25(2,3)31(4,5)29-18-21-17-22(26)11-12-23(21)27-24(30)28-15-13-20(14-16-28)19-9-7-6-8-10-19/h6-12,17,20H,13-16,18H2,1-5H3,(H,27,30). The predicted octanol–water partition coefficient (Wildman–Crippen LogP) is 7.44. The first-order chi connectivity index (χ1) is 14.6. The Morgan fingerprint density at radius 2 is 1.77 bits per heavy atom. The van der Waals surface area contributed by atoms with Gasteiger partial charge in [0.05, 0.1) is 6.61 Å². The van der Waals surface area contributed by atoms with E-state index in [-0.39, 0.29) is 5.04 Å². The number of piperidine rings is 1. The SMILES string of the molecule is CC(C)(C)[Si](C)(C)OCc1cc(Cl)ccc1NC(=S)N1CCC(c2ccccc2)CC1. The highest BCUT2D eigenvalue weighted by atomic mass is 35.5. The highest BCUT2D eigenvalue weighted by Crippen LogP contribution is 2.37. The Bertz CT molecular complexity index is 890. The summed E-state index contributed by atoms with van der Waals surface area (Å²) >= 11 is 12.1. The Hall–Kier alpha value is -1.40. The van der Waals surface area contributed by atoms with Gasteiger partial charge in [-0.1, -0.05) is 62.7 Å². The van der Waals surface area contributed by atoms with E-state index in [4.69, 9.17) is 28.2 Å². The number of benzene rings is 2. The lowest BCUT2D eigenvalue weighted by Gasteiger charge is -2.36. The maximum absolute atomic E-state index is 6.45. The van der Waals surface area contributed by atoms with Crippen molar-refractivity contribution in [1.29, 1.82) is 0 Å². The summed E-state index contributed by atoms with van der Waals surface area (Å²) in [6.07, 6.45) is 2.24. The first kappa shape index (κ1) is 24.2. The smallest absolute Gasteiger partial charge is 0.192 e. The molecule has 31 heavy (non-hydrogen) atoms. The summed E-state index contributed by atoms with van der Waals surface area (Å²) in [5, 5.41) is 5.13. The van der Waals surface area contributed by atoms with Crippen LogP contribution in [-0.2, 0) is 11.0 Å². The Morgan fingerprint density at radius 1 is 1.13 bits per heavy atom. The van der Waals surface area contributed by atoms with Crippen molar-refractivity contribution < 1.29 is 4.43 Å². The van der Waals surface area contributed by atoms with Gasteiger partial charge in [0.25, 0.3) is 0 Å². The summed E-state index contributed by atoms with van der Waals surface area (Å²) in [6.45, 7) is 13.8. The molecule has 0 spiro atoms. The maximum atomic E-state index is 6.45. The molecule has 3 nitrogen and oxygen atoms in total. The van der Waals surface area contributed by atoms with Crippen molar-refractivity contribution in [1.82, 2.24) is 4.90 Å². The van der Waals surface area contributed by atoms with Gasteiger partial charge in [0.2, 0.25) is 0 Å². The van der Waals surface area contributed by atoms with Crippen LogP contribution in [0.25, 0.3) is 0 Å². The van der Waals surface area contributed by atoms with Crippen LogP contribution < -0.4 is 5.32 Å². The van der Waals surface area contributed by atoms with Crippen molar-refractivity contribution >= 4 is 42.9 Å². The van der Waals surface area contributed by atoms with Gasteiger partial charge in [0.15, 0.2) is 13.4 Å². The number of rotatable bonds is 5. The lowest BCUT2D eigenvalue weighted by molar-refractivity contribution is 0.277. The lowest BCUT2D eigenvalue weighted by atomic mass is 9.90. The summed E-state index contributed by atoms with van der Waals surface area (Å²) in [7, 11) is -1.85. The fraction of sp³-hybridized carbons (Fsp3) is 0.480. The van der Waals surface area contributed by atoms with Gasteiger partial charge in [0, 0.05) is 29.4 Å². The van der Waals surface area contributed by atoms with Gasteiger partial charge >= 0.3 is 0 Å². The second-order valence-electron chi connectivity index (χ2n) is 9.95. The van der Waals surface area contributed by atoms with Crippen molar-refractivity contribution in [2.45, 2.75) is 64.3 Å². The number of thiocarbonyl (C=S) groups is 1. The first-order valence-electron chi connectivity index (χ1n) is 11.1. The average Bonchev–Trinajstić information content (AvgIpc) is 2.74. The number of halogens is 1. The Balaban J connectivity index is 1.63. The van der Waals surface area contributed by atoms with E-state index < -0.39 is 8.32 Å². The lowest BCUT2D eigenvalue weighted by Crippen LogP contribution is -2.41. The summed E-state index contributed by atoms with van der Waals surface area (Å²) in [5.74, 6) is 0.615. The van der Waals surface area contributed by atoms with Gasteiger partial charge in [-0.3, -0.25) is 0 Å². The Labute approximate surface area is 199 Å². The predicted molar refractivity (Wildman–Crippen MR) is 140 cm³/mol. The number of likely N-dealkylation sites (tertiary alicyclic amines) is 1. The fourth-order valence-corrected chi connectivity index (χ4v) is 5.05. The molecule has 3 rings (SSSR count). The van der Waals surface area contributed by atoms with E-state index in [0.717, 1.165) is 42.3 Å². The van der Waals surface area contributed by atoms with Gasteiger partial charge in [-0.05, 0) is 72.9 Å². The first-order valence-corrected chi connectivity index (χ1v) is 14.8. The van der Waals surface area contributed by atoms with Crippen molar-refractivity contribution in [3.05, 3.63) is 64.7 Å². The van der Waals surface area contributed by atoms with Gasteiger partial charge < -0.3 is 14.6 Å². The van der Waals surface area contributed by atoms with Crippen LogP contribution in [0.4, 0.5) is 5.69 Å². The largest absolute Gasteiger partial charge is 0.412 e. The fourth-order valence-electron chi connectivity index (χ4n) is 3.61. The van der Waals surface area contributed by atoms with E-state index in [1.54, 1.807) is 0 Å². The molecule has 1 fully saturated rings. The number of nitrogens with one attached hydrogen (secondary N) is 1. The molecule has 0 radical (unpaired) electrons. The van der Waals surface area contributed by atoms with Crippen molar-refractivity contribution in [3.63, 3.8) is 0 Å². The molecule has 0 amide bonds. The molecule has 0 aliphatic carbocycles. The van der Waals surface area contributed by atoms with Crippen LogP contribution in [0.1, 0.15) is 50.7 Å². The van der Waals surface area contributed by atoms with Gasteiger partial charge in [-0.2, -0.15) is 0 Å². The monoisotopic (exact) mass is 474 g/mol. The number of hydrogen-bond acceptors (Lipinski definition) is 2. The molecule has 1 saturated heterocycles. The molecule has 1 N–H and O–H groups in total. The number of hydrogen-bond donors (Lipinski definition) is 1. The van der Waals surface area contributed by atoms with E-state index >= 15 is 0 Å². The molecule has 168 valence electrons. The molecule has 0 bridgehead atoms. The van der Waals surface area contributed by atoms with E-state index in [9.17, 15) is 0 Å². The molecule has 2 aromatic rings. The second-order valence-corrected chi connectivity index (χ2v) is 15.6. The summed E-state index contributed by atoms with van der Waals surface area (Å²) < 4.78 is 6.45. The van der Waals surface area contributed by atoms with Gasteiger partial charge in [-0.25, -0.2) is 0 Å². The zero-order valence-corrected chi connectivity index (χ0v) is 21.9. The minimum Gasteiger partial charge on any atom is -0.412 e. The third kappa shape index (κ3) is 6.32. The van der Waals surface area contributed by atoms with Crippen molar-refractivity contribution in [2.75, 3.05) is 18.4 Å². The zero-order chi connectivity index (χ0) is 22.6. The normalized spacial score (nSPS) is 15.7. The molecule has 6 heteroatoms. The molecular weight excluding hydrogens is 440 g/mol. The molecule has 1 aliphatic rings. The van der Waals surface area contributed by atoms with E-state index in [0.29, 0.717) is 17.5 Å². The van der Waals surface area contributed by atoms with E-state index in [2.05, 4.69) is 74.4 Å². The summed E-state index contributed by atoms with van der Waals surface area (Å²) in [6, 6.07) is 16.7. The molecule has 1 heterocycles.